The molecule has 0 aromatic heterocycles. The quantitative estimate of drug-likeness (QED) is 0.669. The zero-order chi connectivity index (χ0) is 15.6. The van der Waals surface area contributed by atoms with Gasteiger partial charge in [-0.05, 0) is 25.1 Å². The van der Waals surface area contributed by atoms with Crippen molar-refractivity contribution in [1.29, 1.82) is 0 Å². The van der Waals surface area contributed by atoms with Gasteiger partial charge in [0.25, 0.3) is 11.6 Å². The van der Waals surface area contributed by atoms with E-state index in [0.29, 0.717) is 16.3 Å². The minimum atomic E-state index is -0.529. The fourth-order valence-electron chi connectivity index (χ4n) is 1.74. The molecular weight excluding hydrogens is 315 g/mol. The lowest BCUT2D eigenvalue weighted by atomic mass is 10.1. The van der Waals surface area contributed by atoms with Crippen LogP contribution >= 0.6 is 23.2 Å². The number of rotatable bonds is 3. The van der Waals surface area contributed by atoms with Crippen molar-refractivity contribution in [2.45, 2.75) is 6.92 Å². The molecular formula is C14H10Cl2N2O3. The zero-order valence-corrected chi connectivity index (χ0v) is 12.4. The molecule has 0 aliphatic carbocycles. The highest BCUT2D eigenvalue weighted by molar-refractivity contribution is 6.44. The van der Waals surface area contributed by atoms with E-state index in [1.54, 1.807) is 25.1 Å². The number of hydrogen-bond donors (Lipinski definition) is 1. The number of halogens is 2. The van der Waals surface area contributed by atoms with Crippen LogP contribution in [-0.2, 0) is 0 Å². The van der Waals surface area contributed by atoms with E-state index >= 15 is 0 Å². The maximum atomic E-state index is 12.1. The predicted octanol–water partition coefficient (Wildman–Crippen LogP) is 4.46. The molecule has 108 valence electrons. The number of anilines is 1. The molecule has 0 bridgehead atoms. The summed E-state index contributed by atoms with van der Waals surface area (Å²) in [4.78, 5) is 22.5. The van der Waals surface area contributed by atoms with Gasteiger partial charge < -0.3 is 5.32 Å². The second kappa shape index (κ2) is 6.11. The summed E-state index contributed by atoms with van der Waals surface area (Å²) < 4.78 is 0. The number of nitrogens with one attached hydrogen (secondary N) is 1. The molecule has 5 nitrogen and oxygen atoms in total. The van der Waals surface area contributed by atoms with Gasteiger partial charge in [-0.25, -0.2) is 0 Å². The van der Waals surface area contributed by atoms with Gasteiger partial charge in [0.2, 0.25) is 0 Å². The second-order valence-corrected chi connectivity index (χ2v) is 5.10. The van der Waals surface area contributed by atoms with Crippen LogP contribution in [0.25, 0.3) is 0 Å². The van der Waals surface area contributed by atoms with Gasteiger partial charge >= 0.3 is 0 Å². The first-order valence-corrected chi connectivity index (χ1v) is 6.66. The van der Waals surface area contributed by atoms with Crippen molar-refractivity contribution in [3.63, 3.8) is 0 Å². The summed E-state index contributed by atoms with van der Waals surface area (Å²) in [6, 6.07) is 9.08. The van der Waals surface area contributed by atoms with E-state index in [-0.39, 0.29) is 16.3 Å². The topological polar surface area (TPSA) is 72.2 Å². The molecule has 0 heterocycles. The third kappa shape index (κ3) is 3.32. The Bertz CT molecular complexity index is 732. The molecule has 7 heteroatoms. The van der Waals surface area contributed by atoms with Crippen LogP contribution in [-0.4, -0.2) is 10.8 Å². The SMILES string of the molecule is Cc1ccc(C(=O)Nc2cccc(Cl)c2Cl)cc1[N+](=O)[O-]. The summed E-state index contributed by atoms with van der Waals surface area (Å²) in [7, 11) is 0. The first-order chi connectivity index (χ1) is 9.90. The molecule has 1 N–H and O–H groups in total. The monoisotopic (exact) mass is 324 g/mol. The number of amides is 1. The van der Waals surface area contributed by atoms with Crippen molar-refractivity contribution in [2.75, 3.05) is 5.32 Å². The lowest BCUT2D eigenvalue weighted by molar-refractivity contribution is -0.385. The Hall–Kier alpha value is -2.11. The number of carbonyl (C=O) groups is 1. The van der Waals surface area contributed by atoms with Crippen LogP contribution < -0.4 is 5.32 Å². The van der Waals surface area contributed by atoms with E-state index < -0.39 is 10.8 Å². The largest absolute Gasteiger partial charge is 0.321 e. The van der Waals surface area contributed by atoms with Gasteiger partial charge in [0, 0.05) is 17.2 Å². The summed E-state index contributed by atoms with van der Waals surface area (Å²) in [5, 5.41) is 14.0. The van der Waals surface area contributed by atoms with Gasteiger partial charge in [-0.1, -0.05) is 35.3 Å². The number of nitro groups is 1. The molecule has 2 rings (SSSR count). The Morgan fingerprint density at radius 1 is 1.24 bits per heavy atom. The molecule has 0 spiro atoms. The van der Waals surface area contributed by atoms with Gasteiger partial charge in [0.1, 0.15) is 0 Å². The Labute approximate surface area is 130 Å². The van der Waals surface area contributed by atoms with Crippen molar-refractivity contribution in [3.8, 4) is 0 Å². The predicted molar refractivity (Wildman–Crippen MR) is 82.2 cm³/mol. The van der Waals surface area contributed by atoms with Crippen molar-refractivity contribution < 1.29 is 9.72 Å². The summed E-state index contributed by atoms with van der Waals surface area (Å²) in [6.07, 6.45) is 0. The highest BCUT2D eigenvalue weighted by Gasteiger charge is 2.16. The average molecular weight is 325 g/mol. The maximum Gasteiger partial charge on any atom is 0.273 e. The molecule has 21 heavy (non-hydrogen) atoms. The molecule has 0 atom stereocenters. The Balaban J connectivity index is 2.31. The van der Waals surface area contributed by atoms with Crippen LogP contribution in [0.15, 0.2) is 36.4 Å². The van der Waals surface area contributed by atoms with Crippen molar-refractivity contribution in [2.24, 2.45) is 0 Å². The van der Waals surface area contributed by atoms with E-state index in [4.69, 9.17) is 23.2 Å². The van der Waals surface area contributed by atoms with Gasteiger partial charge in [-0.2, -0.15) is 0 Å². The van der Waals surface area contributed by atoms with Crippen molar-refractivity contribution >= 4 is 40.5 Å². The fraction of sp³-hybridized carbons (Fsp3) is 0.0714. The van der Waals surface area contributed by atoms with Gasteiger partial charge in [0.15, 0.2) is 0 Å². The highest BCUT2D eigenvalue weighted by atomic mass is 35.5. The molecule has 0 unspecified atom stereocenters. The normalized spacial score (nSPS) is 10.2. The summed E-state index contributed by atoms with van der Waals surface area (Å²) in [5.41, 5.74) is 0.887. The third-order valence-electron chi connectivity index (χ3n) is 2.87. The lowest BCUT2D eigenvalue weighted by Crippen LogP contribution is -2.12. The van der Waals surface area contributed by atoms with E-state index in [2.05, 4.69) is 5.32 Å². The molecule has 0 radical (unpaired) electrons. The molecule has 0 aliphatic heterocycles. The average Bonchev–Trinajstić information content (AvgIpc) is 2.44. The first-order valence-electron chi connectivity index (χ1n) is 5.90. The third-order valence-corrected chi connectivity index (χ3v) is 3.69. The summed E-state index contributed by atoms with van der Waals surface area (Å²) in [5.74, 6) is -0.498. The van der Waals surface area contributed by atoms with Gasteiger partial charge in [0.05, 0.1) is 20.7 Å². The van der Waals surface area contributed by atoms with E-state index in [1.807, 2.05) is 0 Å². The first kappa shape index (κ1) is 15.3. The standard InChI is InChI=1S/C14H10Cl2N2O3/c1-8-5-6-9(7-12(8)18(20)21)14(19)17-11-4-2-3-10(15)13(11)16/h2-7H,1H3,(H,17,19). The summed E-state index contributed by atoms with van der Waals surface area (Å²) >= 11 is 11.8. The Morgan fingerprint density at radius 3 is 2.62 bits per heavy atom. The van der Waals surface area contributed by atoms with E-state index in [9.17, 15) is 14.9 Å². The number of benzene rings is 2. The van der Waals surface area contributed by atoms with Crippen LogP contribution in [0.4, 0.5) is 11.4 Å². The Morgan fingerprint density at radius 2 is 1.95 bits per heavy atom. The fourth-order valence-corrected chi connectivity index (χ4v) is 2.09. The number of nitro benzene ring substituents is 1. The van der Waals surface area contributed by atoms with Crippen LogP contribution in [0.5, 0.6) is 0 Å². The number of carbonyl (C=O) groups excluding carboxylic acids is 1. The number of aryl methyl sites for hydroxylation is 1. The molecule has 0 saturated carbocycles. The second-order valence-electron chi connectivity index (χ2n) is 4.31. The lowest BCUT2D eigenvalue weighted by Gasteiger charge is -2.08. The van der Waals surface area contributed by atoms with Crippen LogP contribution in [0, 0.1) is 17.0 Å². The minimum absolute atomic E-state index is 0.111. The van der Waals surface area contributed by atoms with Crippen LogP contribution in [0.2, 0.25) is 10.0 Å². The molecule has 2 aromatic rings. The van der Waals surface area contributed by atoms with Gasteiger partial charge in [-0.15, -0.1) is 0 Å². The van der Waals surface area contributed by atoms with E-state index in [0.717, 1.165) is 0 Å². The van der Waals surface area contributed by atoms with Crippen molar-refractivity contribution in [1.82, 2.24) is 0 Å². The van der Waals surface area contributed by atoms with Crippen LogP contribution in [0.1, 0.15) is 15.9 Å². The Kier molecular flexibility index (Phi) is 4.45. The molecule has 0 saturated heterocycles. The number of hydrogen-bond acceptors (Lipinski definition) is 3. The van der Waals surface area contributed by atoms with E-state index in [1.165, 1.54) is 18.2 Å². The maximum absolute atomic E-state index is 12.1. The minimum Gasteiger partial charge on any atom is -0.321 e. The summed E-state index contributed by atoms with van der Waals surface area (Å²) in [6.45, 7) is 1.60. The van der Waals surface area contributed by atoms with Crippen LogP contribution in [0.3, 0.4) is 0 Å². The molecule has 0 fully saturated rings. The molecule has 1 amide bonds. The zero-order valence-electron chi connectivity index (χ0n) is 10.9. The molecule has 2 aromatic carbocycles. The van der Waals surface area contributed by atoms with Crippen molar-refractivity contribution in [3.05, 3.63) is 67.7 Å². The number of nitrogens with zero attached hydrogens (tertiary/aromatic N) is 1. The molecule has 0 aliphatic rings. The smallest absolute Gasteiger partial charge is 0.273 e. The highest BCUT2D eigenvalue weighted by Crippen LogP contribution is 2.30. The van der Waals surface area contributed by atoms with Gasteiger partial charge in [-0.3, -0.25) is 14.9 Å².